The van der Waals surface area contributed by atoms with E-state index in [1.54, 1.807) is 7.11 Å². The molecular weight excluding hydrogens is 214 g/mol. The van der Waals surface area contributed by atoms with Crippen molar-refractivity contribution in [3.63, 3.8) is 0 Å². The molecule has 2 aromatic rings. The van der Waals surface area contributed by atoms with Gasteiger partial charge in [-0.05, 0) is 12.1 Å². The molecule has 17 heavy (non-hydrogen) atoms. The molecule has 3 rings (SSSR count). The highest BCUT2D eigenvalue weighted by Crippen LogP contribution is 2.27. The first-order valence-electron chi connectivity index (χ1n) is 5.76. The first kappa shape index (κ1) is 10.4. The summed E-state index contributed by atoms with van der Waals surface area (Å²) in [5.74, 6) is 1.43. The van der Waals surface area contributed by atoms with E-state index in [9.17, 15) is 0 Å². The Morgan fingerprint density at radius 1 is 1.35 bits per heavy atom. The molecule has 1 N–H and O–H groups in total. The lowest BCUT2D eigenvalue weighted by molar-refractivity contribution is 0.408. The molecule has 88 valence electrons. The molecule has 0 radical (unpaired) electrons. The summed E-state index contributed by atoms with van der Waals surface area (Å²) in [4.78, 5) is 4.26. The number of hydrogen-bond acceptors (Lipinski definition) is 3. The average molecular weight is 229 g/mol. The predicted octanol–water partition coefficient (Wildman–Crippen LogP) is 1.57. The van der Waals surface area contributed by atoms with Crippen LogP contribution in [0.4, 0.5) is 0 Å². The van der Waals surface area contributed by atoms with Crippen LogP contribution in [0.3, 0.4) is 0 Å². The lowest BCUT2D eigenvalue weighted by Crippen LogP contribution is -2.40. The molecule has 1 aliphatic heterocycles. The third-order valence-corrected chi connectivity index (χ3v) is 3.21. The zero-order valence-electron chi connectivity index (χ0n) is 9.76. The molecule has 0 aliphatic carbocycles. The van der Waals surface area contributed by atoms with Gasteiger partial charge in [-0.15, -0.1) is 0 Å². The van der Waals surface area contributed by atoms with Gasteiger partial charge >= 0.3 is 0 Å². The molecule has 1 fully saturated rings. The quantitative estimate of drug-likeness (QED) is 0.868. The number of imidazole rings is 1. The van der Waals surface area contributed by atoms with Gasteiger partial charge in [0, 0.05) is 30.9 Å². The summed E-state index contributed by atoms with van der Waals surface area (Å²) in [7, 11) is 1.69. The number of ether oxygens (including phenoxy) is 1. The highest BCUT2D eigenvalue weighted by Gasteiger charge is 2.23. The monoisotopic (exact) mass is 229 g/mol. The smallest absolute Gasteiger partial charge is 0.142 e. The third kappa shape index (κ3) is 1.70. The Balaban J connectivity index is 2.05. The molecule has 0 unspecified atom stereocenters. The Labute approximate surface area is 100 Å². The number of para-hydroxylation sites is 2. The molecule has 1 aromatic carbocycles. The predicted molar refractivity (Wildman–Crippen MR) is 65.7 cm³/mol. The van der Waals surface area contributed by atoms with Crippen LogP contribution in [0.1, 0.15) is 11.6 Å². The first-order valence-corrected chi connectivity index (χ1v) is 5.76. The van der Waals surface area contributed by atoms with Crippen molar-refractivity contribution in [2.75, 3.05) is 20.2 Å². The summed E-state index contributed by atoms with van der Waals surface area (Å²) < 4.78 is 7.51. The van der Waals surface area contributed by atoms with Crippen molar-refractivity contribution >= 4 is 0 Å². The van der Waals surface area contributed by atoms with Crippen LogP contribution in [0.5, 0.6) is 5.75 Å². The van der Waals surface area contributed by atoms with E-state index >= 15 is 0 Å². The Kier molecular flexibility index (Phi) is 2.57. The molecule has 4 nitrogen and oxygen atoms in total. The van der Waals surface area contributed by atoms with E-state index in [-0.39, 0.29) is 0 Å². The van der Waals surface area contributed by atoms with E-state index in [1.165, 1.54) is 5.69 Å². The van der Waals surface area contributed by atoms with Crippen LogP contribution in [-0.2, 0) is 0 Å². The minimum absolute atomic E-state index is 0.558. The Hall–Kier alpha value is -1.81. The molecule has 0 saturated carbocycles. The van der Waals surface area contributed by atoms with Crippen molar-refractivity contribution < 1.29 is 4.74 Å². The van der Waals surface area contributed by atoms with E-state index in [1.807, 2.05) is 30.7 Å². The molecule has 4 heteroatoms. The van der Waals surface area contributed by atoms with Crippen molar-refractivity contribution in [2.24, 2.45) is 0 Å². The van der Waals surface area contributed by atoms with Crippen molar-refractivity contribution in [2.45, 2.75) is 5.92 Å². The van der Waals surface area contributed by atoms with Crippen molar-refractivity contribution in [1.29, 1.82) is 0 Å². The number of aromatic nitrogens is 2. The number of rotatable bonds is 3. The summed E-state index contributed by atoms with van der Waals surface area (Å²) in [5.41, 5.74) is 2.29. The maximum atomic E-state index is 5.39. The summed E-state index contributed by atoms with van der Waals surface area (Å²) in [6.07, 6.45) is 3.80. The van der Waals surface area contributed by atoms with Crippen molar-refractivity contribution in [3.8, 4) is 11.4 Å². The molecule has 0 bridgehead atoms. The molecule has 0 amide bonds. The van der Waals surface area contributed by atoms with E-state index in [0.717, 1.165) is 24.5 Å². The molecule has 0 spiro atoms. The Bertz CT molecular complexity index is 517. The number of nitrogens with one attached hydrogen (secondary N) is 1. The van der Waals surface area contributed by atoms with Crippen LogP contribution in [0, 0.1) is 0 Å². The molecule has 1 saturated heterocycles. The number of nitrogens with zero attached hydrogens (tertiary/aromatic N) is 2. The van der Waals surface area contributed by atoms with Gasteiger partial charge in [-0.2, -0.15) is 0 Å². The molecule has 1 aromatic heterocycles. The van der Waals surface area contributed by atoms with Gasteiger partial charge in [-0.3, -0.25) is 4.57 Å². The van der Waals surface area contributed by atoms with Gasteiger partial charge in [0.25, 0.3) is 0 Å². The number of benzene rings is 1. The van der Waals surface area contributed by atoms with Crippen LogP contribution in [-0.4, -0.2) is 29.8 Å². The van der Waals surface area contributed by atoms with Crippen LogP contribution in [0.25, 0.3) is 5.69 Å². The normalized spacial score (nSPS) is 15.6. The van der Waals surface area contributed by atoms with Crippen LogP contribution < -0.4 is 10.1 Å². The van der Waals surface area contributed by atoms with Crippen LogP contribution >= 0.6 is 0 Å². The van der Waals surface area contributed by atoms with Gasteiger partial charge in [-0.1, -0.05) is 12.1 Å². The maximum absolute atomic E-state index is 5.39. The van der Waals surface area contributed by atoms with E-state index in [0.29, 0.717) is 5.92 Å². The van der Waals surface area contributed by atoms with E-state index in [4.69, 9.17) is 4.74 Å². The van der Waals surface area contributed by atoms with E-state index in [2.05, 4.69) is 20.9 Å². The summed E-state index contributed by atoms with van der Waals surface area (Å²) in [6.45, 7) is 2.06. The summed E-state index contributed by atoms with van der Waals surface area (Å²) in [6, 6.07) is 8.01. The second-order valence-corrected chi connectivity index (χ2v) is 4.22. The zero-order valence-corrected chi connectivity index (χ0v) is 9.76. The van der Waals surface area contributed by atoms with Crippen molar-refractivity contribution in [3.05, 3.63) is 42.5 Å². The van der Waals surface area contributed by atoms with Gasteiger partial charge < -0.3 is 10.1 Å². The average Bonchev–Trinajstić information content (AvgIpc) is 2.75. The highest BCUT2D eigenvalue weighted by molar-refractivity contribution is 5.48. The lowest BCUT2D eigenvalue weighted by Gasteiger charge is -2.28. The highest BCUT2D eigenvalue weighted by atomic mass is 16.5. The fraction of sp³-hybridized carbons (Fsp3) is 0.308. The topological polar surface area (TPSA) is 39.1 Å². The van der Waals surface area contributed by atoms with Crippen molar-refractivity contribution in [1.82, 2.24) is 14.9 Å². The second-order valence-electron chi connectivity index (χ2n) is 4.22. The van der Waals surface area contributed by atoms with Crippen LogP contribution in [0.2, 0.25) is 0 Å². The fourth-order valence-electron chi connectivity index (χ4n) is 2.14. The minimum atomic E-state index is 0.558. The third-order valence-electron chi connectivity index (χ3n) is 3.21. The summed E-state index contributed by atoms with van der Waals surface area (Å²) in [5, 5.41) is 3.28. The van der Waals surface area contributed by atoms with Gasteiger partial charge in [0.2, 0.25) is 0 Å². The largest absolute Gasteiger partial charge is 0.495 e. The minimum Gasteiger partial charge on any atom is -0.495 e. The van der Waals surface area contributed by atoms with Gasteiger partial charge in [0.15, 0.2) is 0 Å². The number of hydrogen-bond donors (Lipinski definition) is 1. The summed E-state index contributed by atoms with van der Waals surface area (Å²) >= 11 is 0. The fourth-order valence-corrected chi connectivity index (χ4v) is 2.14. The molecule has 2 heterocycles. The maximum Gasteiger partial charge on any atom is 0.142 e. The SMILES string of the molecule is COc1ccccc1-n1cncc1C1CNC1. The molecule has 1 aliphatic rings. The lowest BCUT2D eigenvalue weighted by atomic mass is 10.00. The van der Waals surface area contributed by atoms with Gasteiger partial charge in [-0.25, -0.2) is 4.98 Å². The first-order chi connectivity index (χ1) is 8.40. The van der Waals surface area contributed by atoms with Gasteiger partial charge in [0.05, 0.1) is 19.1 Å². The second kappa shape index (κ2) is 4.22. The van der Waals surface area contributed by atoms with Crippen LogP contribution in [0.15, 0.2) is 36.8 Å². The standard InChI is InChI=1S/C13H15N3O/c1-17-13-5-3-2-4-11(13)16-9-15-8-12(16)10-6-14-7-10/h2-5,8-10,14H,6-7H2,1H3. The Morgan fingerprint density at radius 2 is 2.18 bits per heavy atom. The molecular formula is C13H15N3O. The zero-order chi connectivity index (χ0) is 11.7. The van der Waals surface area contributed by atoms with E-state index < -0.39 is 0 Å². The number of methoxy groups -OCH3 is 1. The molecule has 0 atom stereocenters. The van der Waals surface area contributed by atoms with Gasteiger partial charge in [0.1, 0.15) is 5.75 Å². The Morgan fingerprint density at radius 3 is 2.88 bits per heavy atom.